The third-order valence-electron chi connectivity index (χ3n) is 6.62. The second kappa shape index (κ2) is 6.75. The minimum atomic E-state index is -0.394. The van der Waals surface area contributed by atoms with E-state index in [4.69, 9.17) is 5.73 Å². The average molecular weight is 361 g/mol. The Morgan fingerprint density at radius 3 is 2.72 bits per heavy atom. The molecule has 4 atom stereocenters. The van der Waals surface area contributed by atoms with E-state index in [9.17, 15) is 9.59 Å². The Balaban J connectivity index is 1.55. The fourth-order valence-electron chi connectivity index (χ4n) is 5.43. The van der Waals surface area contributed by atoms with Gasteiger partial charge < -0.3 is 11.1 Å². The average Bonchev–Trinajstić information content (AvgIpc) is 3.27. The zero-order valence-corrected chi connectivity index (χ0v) is 15.8. The molecule has 0 radical (unpaired) electrons. The summed E-state index contributed by atoms with van der Waals surface area (Å²) in [6.45, 7) is 2.22. The number of carbonyl (C=O) groups is 2. The number of hydrogen-bond acceptors (Lipinski definition) is 3. The molecule has 2 fully saturated rings. The molecule has 3 N–H and O–H groups in total. The predicted octanol–water partition coefficient (Wildman–Crippen LogP) is 4.13. The SMILES string of the molecule is CCC[C@H]1CCc2c(sc(NC(=O)[C@H]3C[C@H]4CC[C@H]3C4)c2C(N)=O)C1. The highest BCUT2D eigenvalue weighted by molar-refractivity contribution is 7.17. The van der Waals surface area contributed by atoms with Crippen molar-refractivity contribution in [3.8, 4) is 0 Å². The van der Waals surface area contributed by atoms with Crippen LogP contribution in [-0.2, 0) is 17.6 Å². The van der Waals surface area contributed by atoms with Crippen LogP contribution in [0.5, 0.6) is 0 Å². The molecule has 1 heterocycles. The van der Waals surface area contributed by atoms with Crippen LogP contribution >= 0.6 is 11.3 Å². The quantitative estimate of drug-likeness (QED) is 0.829. The summed E-state index contributed by atoms with van der Waals surface area (Å²) in [6.07, 6.45) is 10.2. The molecule has 0 aromatic carbocycles. The van der Waals surface area contributed by atoms with Crippen molar-refractivity contribution in [2.45, 2.75) is 64.7 Å². The van der Waals surface area contributed by atoms with E-state index in [1.807, 2.05) is 0 Å². The molecule has 4 nitrogen and oxygen atoms in total. The molecule has 0 spiro atoms. The lowest BCUT2D eigenvalue weighted by Gasteiger charge is -2.21. The second-order valence-corrected chi connectivity index (χ2v) is 9.35. The highest BCUT2D eigenvalue weighted by Gasteiger charge is 2.43. The lowest BCUT2D eigenvalue weighted by molar-refractivity contribution is -0.121. The van der Waals surface area contributed by atoms with E-state index in [1.165, 1.54) is 37.0 Å². The van der Waals surface area contributed by atoms with Gasteiger partial charge in [-0.25, -0.2) is 0 Å². The molecule has 2 bridgehead atoms. The standard InChI is InChI=1S/C20H28N2O2S/c1-2-3-11-5-7-14-16(10-11)25-20(17(14)18(21)23)22-19(24)15-9-12-4-6-13(15)8-12/h11-13,15H,2-10H2,1H3,(H2,21,23)(H,22,24)/t11-,12-,13-,15-/m0/s1. The summed E-state index contributed by atoms with van der Waals surface area (Å²) in [4.78, 5) is 26.1. The summed E-state index contributed by atoms with van der Waals surface area (Å²) in [5, 5.41) is 3.81. The minimum Gasteiger partial charge on any atom is -0.365 e. The molecule has 0 saturated heterocycles. The molecule has 1 aromatic heterocycles. The molecule has 1 aromatic rings. The van der Waals surface area contributed by atoms with Crippen LogP contribution in [-0.4, -0.2) is 11.8 Å². The lowest BCUT2D eigenvalue weighted by atomic mass is 9.84. The first-order valence-corrected chi connectivity index (χ1v) is 10.6. The summed E-state index contributed by atoms with van der Waals surface area (Å²) in [6, 6.07) is 0. The van der Waals surface area contributed by atoms with E-state index in [-0.39, 0.29) is 11.8 Å². The van der Waals surface area contributed by atoms with Gasteiger partial charge in [-0.2, -0.15) is 0 Å². The fraction of sp³-hybridized carbons (Fsp3) is 0.700. The van der Waals surface area contributed by atoms with Crippen LogP contribution < -0.4 is 11.1 Å². The maximum Gasteiger partial charge on any atom is 0.251 e. The smallest absolute Gasteiger partial charge is 0.251 e. The molecule has 25 heavy (non-hydrogen) atoms. The van der Waals surface area contributed by atoms with Crippen LogP contribution in [0.1, 0.15) is 72.7 Å². The molecule has 2 amide bonds. The number of fused-ring (bicyclic) bond motifs is 3. The number of nitrogens with two attached hydrogens (primary N) is 1. The molecule has 4 rings (SSSR count). The molecule has 0 aliphatic heterocycles. The van der Waals surface area contributed by atoms with Crippen molar-refractivity contribution in [1.29, 1.82) is 0 Å². The molecule has 5 heteroatoms. The first-order chi connectivity index (χ1) is 12.1. The zero-order chi connectivity index (χ0) is 17.6. The Labute approximate surface area is 153 Å². The van der Waals surface area contributed by atoms with Gasteiger partial charge >= 0.3 is 0 Å². The van der Waals surface area contributed by atoms with E-state index in [2.05, 4.69) is 12.2 Å². The molecule has 136 valence electrons. The molecular weight excluding hydrogens is 332 g/mol. The summed E-state index contributed by atoms with van der Waals surface area (Å²) >= 11 is 1.59. The highest BCUT2D eigenvalue weighted by Crippen LogP contribution is 2.49. The van der Waals surface area contributed by atoms with E-state index in [0.29, 0.717) is 22.4 Å². The Morgan fingerprint density at radius 1 is 1.24 bits per heavy atom. The number of carbonyl (C=O) groups excluding carboxylic acids is 2. The largest absolute Gasteiger partial charge is 0.365 e. The number of rotatable bonds is 5. The Morgan fingerprint density at radius 2 is 2.08 bits per heavy atom. The molecular formula is C20H28N2O2S. The number of thiophene rings is 1. The first kappa shape index (κ1) is 17.1. The monoisotopic (exact) mass is 360 g/mol. The van der Waals surface area contributed by atoms with Gasteiger partial charge in [0.2, 0.25) is 5.91 Å². The van der Waals surface area contributed by atoms with E-state index >= 15 is 0 Å². The van der Waals surface area contributed by atoms with Crippen LogP contribution in [0.25, 0.3) is 0 Å². The summed E-state index contributed by atoms with van der Waals surface area (Å²) in [5.41, 5.74) is 7.38. The second-order valence-electron chi connectivity index (χ2n) is 8.24. The van der Waals surface area contributed by atoms with Crippen molar-refractivity contribution in [1.82, 2.24) is 0 Å². The van der Waals surface area contributed by atoms with E-state index < -0.39 is 5.91 Å². The van der Waals surface area contributed by atoms with Gasteiger partial charge in [-0.1, -0.05) is 26.2 Å². The van der Waals surface area contributed by atoms with Crippen LogP contribution in [0.2, 0.25) is 0 Å². The van der Waals surface area contributed by atoms with Gasteiger partial charge in [-0.3, -0.25) is 9.59 Å². The molecule has 2 saturated carbocycles. The number of hydrogen-bond donors (Lipinski definition) is 2. The van der Waals surface area contributed by atoms with Crippen LogP contribution in [0.3, 0.4) is 0 Å². The van der Waals surface area contributed by atoms with Crippen LogP contribution in [0.15, 0.2) is 0 Å². The lowest BCUT2D eigenvalue weighted by Crippen LogP contribution is -2.28. The van der Waals surface area contributed by atoms with Gasteiger partial charge in [0.15, 0.2) is 0 Å². The van der Waals surface area contributed by atoms with Crippen LogP contribution in [0, 0.1) is 23.7 Å². The van der Waals surface area contributed by atoms with Gasteiger partial charge in [-0.05, 0) is 61.8 Å². The van der Waals surface area contributed by atoms with Crippen molar-refractivity contribution in [3.63, 3.8) is 0 Å². The summed E-state index contributed by atoms with van der Waals surface area (Å²) in [5.74, 6) is 1.83. The number of anilines is 1. The zero-order valence-electron chi connectivity index (χ0n) is 15.0. The number of amides is 2. The Bertz CT molecular complexity index is 696. The van der Waals surface area contributed by atoms with Gasteiger partial charge in [0.05, 0.1) is 5.56 Å². The van der Waals surface area contributed by atoms with Crippen molar-refractivity contribution in [3.05, 3.63) is 16.0 Å². The Kier molecular flexibility index (Phi) is 4.61. The molecule has 0 unspecified atom stereocenters. The van der Waals surface area contributed by atoms with Crippen molar-refractivity contribution in [2.24, 2.45) is 29.4 Å². The summed E-state index contributed by atoms with van der Waals surface area (Å²) in [7, 11) is 0. The van der Waals surface area contributed by atoms with Gasteiger partial charge in [0.1, 0.15) is 5.00 Å². The first-order valence-electron chi connectivity index (χ1n) is 9.82. The Hall–Kier alpha value is -1.36. The van der Waals surface area contributed by atoms with Gasteiger partial charge in [0, 0.05) is 10.8 Å². The third kappa shape index (κ3) is 3.12. The number of primary amides is 1. The van der Waals surface area contributed by atoms with Crippen LogP contribution in [0.4, 0.5) is 5.00 Å². The fourth-order valence-corrected chi connectivity index (χ4v) is 6.80. The van der Waals surface area contributed by atoms with E-state index in [1.54, 1.807) is 11.3 Å². The highest BCUT2D eigenvalue weighted by atomic mass is 32.1. The minimum absolute atomic E-state index is 0.110. The normalized spacial score (nSPS) is 30.3. The third-order valence-corrected chi connectivity index (χ3v) is 7.79. The van der Waals surface area contributed by atoms with Gasteiger partial charge in [-0.15, -0.1) is 11.3 Å². The van der Waals surface area contributed by atoms with E-state index in [0.717, 1.165) is 37.2 Å². The van der Waals surface area contributed by atoms with Crippen molar-refractivity contribution < 1.29 is 9.59 Å². The summed E-state index contributed by atoms with van der Waals surface area (Å²) < 4.78 is 0. The molecule has 3 aliphatic rings. The maximum absolute atomic E-state index is 12.8. The van der Waals surface area contributed by atoms with Crippen molar-refractivity contribution in [2.75, 3.05) is 5.32 Å². The molecule has 3 aliphatic carbocycles. The maximum atomic E-state index is 12.8. The van der Waals surface area contributed by atoms with Gasteiger partial charge in [0.25, 0.3) is 5.91 Å². The topological polar surface area (TPSA) is 72.2 Å². The number of nitrogens with one attached hydrogen (secondary N) is 1. The predicted molar refractivity (Wildman–Crippen MR) is 101 cm³/mol. The van der Waals surface area contributed by atoms with Crippen molar-refractivity contribution >= 4 is 28.2 Å².